The molecule has 0 aromatic heterocycles. The molecule has 1 N–H and O–H groups in total. The van der Waals surface area contributed by atoms with Crippen LogP contribution in [0, 0.1) is 0 Å². The highest BCUT2D eigenvalue weighted by Gasteiger charge is 2.15. The van der Waals surface area contributed by atoms with Gasteiger partial charge in [0.1, 0.15) is 0 Å². The lowest BCUT2D eigenvalue weighted by Crippen LogP contribution is -2.38. The van der Waals surface area contributed by atoms with Crippen molar-refractivity contribution in [1.29, 1.82) is 0 Å². The second-order valence-corrected chi connectivity index (χ2v) is 5.67. The Labute approximate surface area is 89.4 Å². The molecule has 0 spiro atoms. The monoisotopic (exact) mass is 198 g/mol. The molecule has 14 heavy (non-hydrogen) atoms. The van der Waals surface area contributed by atoms with Crippen LogP contribution in [0.5, 0.6) is 0 Å². The van der Waals surface area contributed by atoms with E-state index in [0.717, 1.165) is 6.54 Å². The van der Waals surface area contributed by atoms with Crippen molar-refractivity contribution in [3.63, 3.8) is 0 Å². The molecule has 0 saturated carbocycles. The van der Waals surface area contributed by atoms with Gasteiger partial charge in [0.05, 0.1) is 0 Å². The third-order valence-electron chi connectivity index (χ3n) is 1.97. The molecule has 0 radical (unpaired) electrons. The van der Waals surface area contributed by atoms with E-state index in [1.807, 2.05) is 6.20 Å². The maximum atomic E-state index is 3.34. The highest BCUT2D eigenvalue weighted by molar-refractivity contribution is 4.90. The Balaban J connectivity index is 4.20. The van der Waals surface area contributed by atoms with Crippen molar-refractivity contribution in [3.05, 3.63) is 12.4 Å². The van der Waals surface area contributed by atoms with Gasteiger partial charge < -0.3 is 10.2 Å². The normalized spacial score (nSPS) is 13.4. The Kier molecular flexibility index (Phi) is 4.50. The Morgan fingerprint density at radius 2 is 1.57 bits per heavy atom. The van der Waals surface area contributed by atoms with Gasteiger partial charge in [0.15, 0.2) is 0 Å². The van der Waals surface area contributed by atoms with Crippen molar-refractivity contribution in [1.82, 2.24) is 10.2 Å². The Morgan fingerprint density at radius 1 is 1.07 bits per heavy atom. The molecule has 84 valence electrons. The fourth-order valence-corrected chi connectivity index (χ4v) is 1.18. The molecule has 0 unspecified atom stereocenters. The van der Waals surface area contributed by atoms with Gasteiger partial charge in [-0.05, 0) is 48.5 Å². The smallest absolute Gasteiger partial charge is 0.0312 e. The van der Waals surface area contributed by atoms with E-state index in [-0.39, 0.29) is 11.1 Å². The first kappa shape index (κ1) is 13.3. The third-order valence-corrected chi connectivity index (χ3v) is 1.97. The van der Waals surface area contributed by atoms with E-state index in [9.17, 15) is 0 Å². The molecule has 0 heterocycles. The van der Waals surface area contributed by atoms with Crippen LogP contribution in [0.3, 0.4) is 0 Å². The molecule has 0 aliphatic rings. The molecule has 2 heteroatoms. The van der Waals surface area contributed by atoms with E-state index in [4.69, 9.17) is 0 Å². The van der Waals surface area contributed by atoms with Crippen molar-refractivity contribution in [2.45, 2.75) is 59.5 Å². The van der Waals surface area contributed by atoms with Gasteiger partial charge in [-0.1, -0.05) is 0 Å². The van der Waals surface area contributed by atoms with E-state index >= 15 is 0 Å². The topological polar surface area (TPSA) is 15.3 Å². The molecule has 0 rings (SSSR count). The van der Waals surface area contributed by atoms with E-state index < -0.39 is 0 Å². The SMILES string of the molecule is CCN(/C=C\NC(C)(C)C)C(C)(C)C. The summed E-state index contributed by atoms with van der Waals surface area (Å²) >= 11 is 0. The minimum Gasteiger partial charge on any atom is -0.385 e. The number of rotatable bonds is 3. The van der Waals surface area contributed by atoms with Crippen molar-refractivity contribution in [2.75, 3.05) is 6.54 Å². The van der Waals surface area contributed by atoms with Crippen LogP contribution in [0.25, 0.3) is 0 Å². The van der Waals surface area contributed by atoms with Gasteiger partial charge in [-0.25, -0.2) is 0 Å². The fraction of sp³-hybridized carbons (Fsp3) is 0.833. The van der Waals surface area contributed by atoms with Gasteiger partial charge in [-0.2, -0.15) is 0 Å². The zero-order chi connectivity index (χ0) is 11.4. The van der Waals surface area contributed by atoms with Crippen molar-refractivity contribution >= 4 is 0 Å². The van der Waals surface area contributed by atoms with E-state index in [1.165, 1.54) is 0 Å². The lowest BCUT2D eigenvalue weighted by Gasteiger charge is -2.34. The molecule has 0 fully saturated rings. The minimum absolute atomic E-state index is 0.147. The summed E-state index contributed by atoms with van der Waals surface area (Å²) in [5.41, 5.74) is 0.346. The van der Waals surface area contributed by atoms with Crippen LogP contribution in [-0.4, -0.2) is 22.5 Å². The van der Waals surface area contributed by atoms with Crippen molar-refractivity contribution < 1.29 is 0 Å². The molecule has 0 saturated heterocycles. The minimum atomic E-state index is 0.147. The maximum absolute atomic E-state index is 3.34. The second-order valence-electron chi connectivity index (χ2n) is 5.67. The quantitative estimate of drug-likeness (QED) is 0.750. The number of hydrogen-bond donors (Lipinski definition) is 1. The summed E-state index contributed by atoms with van der Waals surface area (Å²) in [6.07, 6.45) is 4.17. The van der Waals surface area contributed by atoms with Gasteiger partial charge in [0.25, 0.3) is 0 Å². The molecule has 0 amide bonds. The van der Waals surface area contributed by atoms with E-state index in [2.05, 4.69) is 64.9 Å². The number of nitrogens with zero attached hydrogens (tertiary/aromatic N) is 1. The van der Waals surface area contributed by atoms with Gasteiger partial charge in [-0.15, -0.1) is 0 Å². The molecule has 0 aromatic carbocycles. The summed E-state index contributed by atoms with van der Waals surface area (Å²) in [4.78, 5) is 2.31. The predicted molar refractivity (Wildman–Crippen MR) is 64.2 cm³/mol. The number of hydrogen-bond acceptors (Lipinski definition) is 2. The van der Waals surface area contributed by atoms with Crippen LogP contribution < -0.4 is 5.32 Å². The molecule has 2 nitrogen and oxygen atoms in total. The van der Waals surface area contributed by atoms with Crippen LogP contribution >= 0.6 is 0 Å². The van der Waals surface area contributed by atoms with Gasteiger partial charge >= 0.3 is 0 Å². The predicted octanol–water partition coefficient (Wildman–Crippen LogP) is 2.97. The summed E-state index contributed by atoms with van der Waals surface area (Å²) in [5, 5.41) is 3.34. The van der Waals surface area contributed by atoms with Gasteiger partial charge in [0, 0.05) is 30.0 Å². The molecule has 0 atom stereocenters. The fourth-order valence-electron chi connectivity index (χ4n) is 1.18. The van der Waals surface area contributed by atoms with Crippen molar-refractivity contribution in [2.24, 2.45) is 0 Å². The highest BCUT2D eigenvalue weighted by Crippen LogP contribution is 2.12. The maximum Gasteiger partial charge on any atom is 0.0312 e. The zero-order valence-electron chi connectivity index (χ0n) is 10.8. The Hall–Kier alpha value is -0.660. The van der Waals surface area contributed by atoms with E-state index in [1.54, 1.807) is 0 Å². The molecular formula is C12H26N2. The Morgan fingerprint density at radius 3 is 1.86 bits per heavy atom. The molecule has 0 aromatic rings. The number of nitrogens with one attached hydrogen (secondary N) is 1. The van der Waals surface area contributed by atoms with Crippen LogP contribution in [0.2, 0.25) is 0 Å². The average molecular weight is 198 g/mol. The summed E-state index contributed by atoms with van der Waals surface area (Å²) < 4.78 is 0. The summed E-state index contributed by atoms with van der Waals surface area (Å²) in [6, 6.07) is 0. The first-order chi connectivity index (χ1) is 6.17. The third kappa shape index (κ3) is 5.90. The van der Waals surface area contributed by atoms with Crippen molar-refractivity contribution in [3.8, 4) is 0 Å². The standard InChI is InChI=1S/C12H26N2/c1-8-14(12(5,6)7)10-9-13-11(2,3)4/h9-10,13H,8H2,1-7H3/b10-9-. The first-order valence-electron chi connectivity index (χ1n) is 5.38. The van der Waals surface area contributed by atoms with Crippen LogP contribution in [-0.2, 0) is 0 Å². The highest BCUT2D eigenvalue weighted by atomic mass is 15.2. The van der Waals surface area contributed by atoms with Crippen LogP contribution in [0.4, 0.5) is 0 Å². The largest absolute Gasteiger partial charge is 0.385 e. The summed E-state index contributed by atoms with van der Waals surface area (Å²) in [7, 11) is 0. The summed E-state index contributed by atoms with van der Waals surface area (Å²) in [6.45, 7) is 16.3. The molecular weight excluding hydrogens is 172 g/mol. The second kappa shape index (κ2) is 4.72. The van der Waals surface area contributed by atoms with Gasteiger partial charge in [0.2, 0.25) is 0 Å². The average Bonchev–Trinajstić information content (AvgIpc) is 1.93. The van der Waals surface area contributed by atoms with Crippen LogP contribution in [0.1, 0.15) is 48.5 Å². The lowest BCUT2D eigenvalue weighted by atomic mass is 10.1. The zero-order valence-corrected chi connectivity index (χ0v) is 10.8. The molecule has 0 aliphatic heterocycles. The van der Waals surface area contributed by atoms with Gasteiger partial charge in [-0.3, -0.25) is 0 Å². The summed E-state index contributed by atoms with van der Waals surface area (Å²) in [5.74, 6) is 0. The first-order valence-corrected chi connectivity index (χ1v) is 5.38. The lowest BCUT2D eigenvalue weighted by molar-refractivity contribution is 0.214. The Bertz CT molecular complexity index is 181. The van der Waals surface area contributed by atoms with E-state index in [0.29, 0.717) is 0 Å². The molecule has 0 bridgehead atoms. The molecule has 0 aliphatic carbocycles. The van der Waals surface area contributed by atoms with Crippen LogP contribution in [0.15, 0.2) is 12.4 Å².